The van der Waals surface area contributed by atoms with E-state index in [-0.39, 0.29) is 0 Å². The molecule has 15 heavy (non-hydrogen) atoms. The van der Waals surface area contributed by atoms with Gasteiger partial charge in [0, 0.05) is 5.39 Å². The lowest BCUT2D eigenvalue weighted by Crippen LogP contribution is -1.79. The summed E-state index contributed by atoms with van der Waals surface area (Å²) in [5, 5.41) is 13.2. The number of hydrogen-bond donors (Lipinski definition) is 0. The van der Waals surface area contributed by atoms with Crippen LogP contribution in [0.25, 0.3) is 10.8 Å². The molecule has 0 unspecified atom stereocenters. The maximum atomic E-state index is 8.93. The van der Waals surface area contributed by atoms with Crippen LogP contribution < -0.4 is 0 Å². The number of aliphatic imine (C=N–C) groups is 1. The maximum absolute atomic E-state index is 8.93. The van der Waals surface area contributed by atoms with E-state index in [9.17, 15) is 0 Å². The molecule has 0 aromatic heterocycles. The summed E-state index contributed by atoms with van der Waals surface area (Å²) in [6.45, 7) is 0. The fraction of sp³-hybridized carbons (Fsp3) is 0. The lowest BCUT2D eigenvalue weighted by Gasteiger charge is -2.01. The van der Waals surface area contributed by atoms with Gasteiger partial charge in [-0.3, -0.25) is 0 Å². The highest BCUT2D eigenvalue weighted by atomic mass is 32.1. The molecule has 0 aliphatic carbocycles. The lowest BCUT2D eigenvalue weighted by molar-refractivity contribution is 1.47. The third-order valence-corrected chi connectivity index (χ3v) is 2.27. The maximum Gasteiger partial charge on any atom is 0.101 e. The Hall–Kier alpha value is -2.01. The molecule has 3 heteroatoms. The van der Waals surface area contributed by atoms with Gasteiger partial charge in [0.1, 0.15) is 6.07 Å². The predicted molar refractivity (Wildman–Crippen MR) is 63.3 cm³/mol. The number of rotatable bonds is 1. The number of hydrogen-bond acceptors (Lipinski definition) is 3. The number of isothiocyanates is 1. The zero-order valence-corrected chi connectivity index (χ0v) is 8.58. The van der Waals surface area contributed by atoms with Gasteiger partial charge in [0.25, 0.3) is 0 Å². The largest absolute Gasteiger partial charge is 0.193 e. The second kappa shape index (κ2) is 4.02. The molecule has 2 aromatic rings. The van der Waals surface area contributed by atoms with E-state index < -0.39 is 0 Å². The molecule has 2 aromatic carbocycles. The van der Waals surface area contributed by atoms with Crippen LogP contribution in [0.4, 0.5) is 5.69 Å². The average molecular weight is 210 g/mol. The summed E-state index contributed by atoms with van der Waals surface area (Å²) >= 11 is 4.58. The Labute approximate surface area is 92.5 Å². The van der Waals surface area contributed by atoms with Crippen molar-refractivity contribution in [3.8, 4) is 6.07 Å². The van der Waals surface area contributed by atoms with Gasteiger partial charge in [0.05, 0.1) is 16.4 Å². The zero-order valence-electron chi connectivity index (χ0n) is 7.77. The van der Waals surface area contributed by atoms with Gasteiger partial charge in [-0.1, -0.05) is 30.3 Å². The van der Waals surface area contributed by atoms with Gasteiger partial charge in [-0.2, -0.15) is 10.3 Å². The molecule has 0 atom stereocenters. The van der Waals surface area contributed by atoms with Gasteiger partial charge in [-0.15, -0.1) is 0 Å². The number of thiocarbonyl (C=S) groups is 1. The number of nitrogens with zero attached hydrogens (tertiary/aromatic N) is 2. The Morgan fingerprint density at radius 1 is 1.13 bits per heavy atom. The van der Waals surface area contributed by atoms with Crippen molar-refractivity contribution in [2.24, 2.45) is 4.99 Å². The summed E-state index contributed by atoms with van der Waals surface area (Å²) in [5.74, 6) is 0. The van der Waals surface area contributed by atoms with Crippen LogP contribution >= 0.6 is 12.2 Å². The first-order chi connectivity index (χ1) is 7.36. The van der Waals surface area contributed by atoms with Crippen molar-refractivity contribution >= 4 is 33.8 Å². The first-order valence-electron chi connectivity index (χ1n) is 4.36. The Morgan fingerprint density at radius 3 is 2.67 bits per heavy atom. The fourth-order valence-corrected chi connectivity index (χ4v) is 1.60. The van der Waals surface area contributed by atoms with Crippen molar-refractivity contribution in [2.45, 2.75) is 0 Å². The molecule has 0 bridgehead atoms. The Bertz CT molecular complexity index is 605. The molecule has 0 amide bonds. The van der Waals surface area contributed by atoms with E-state index in [1.54, 1.807) is 6.07 Å². The van der Waals surface area contributed by atoms with Gasteiger partial charge in [-0.25, -0.2) is 0 Å². The molecule has 0 radical (unpaired) electrons. The van der Waals surface area contributed by atoms with Crippen molar-refractivity contribution in [2.75, 3.05) is 0 Å². The molecular formula is C12H6N2S. The van der Waals surface area contributed by atoms with E-state index in [0.29, 0.717) is 11.3 Å². The Kier molecular flexibility index (Phi) is 2.55. The van der Waals surface area contributed by atoms with Crippen LogP contribution in [0.1, 0.15) is 5.56 Å². The van der Waals surface area contributed by atoms with E-state index >= 15 is 0 Å². The van der Waals surface area contributed by atoms with Gasteiger partial charge in [-0.05, 0) is 23.7 Å². The van der Waals surface area contributed by atoms with E-state index in [2.05, 4.69) is 28.4 Å². The normalized spacial score (nSPS) is 9.27. The smallest absolute Gasteiger partial charge is 0.101 e. The SMILES string of the molecule is N#Cc1ccc2ccccc2c1N=C=S. The van der Waals surface area contributed by atoms with Crippen LogP contribution in [-0.4, -0.2) is 5.16 Å². The zero-order chi connectivity index (χ0) is 10.7. The first-order valence-corrected chi connectivity index (χ1v) is 4.77. The summed E-state index contributed by atoms with van der Waals surface area (Å²) in [5.41, 5.74) is 1.12. The summed E-state index contributed by atoms with van der Waals surface area (Å²) in [6.07, 6.45) is 0. The van der Waals surface area contributed by atoms with Crippen molar-refractivity contribution in [3.63, 3.8) is 0 Å². The highest BCUT2D eigenvalue weighted by molar-refractivity contribution is 7.78. The summed E-state index contributed by atoms with van der Waals surface area (Å²) < 4.78 is 0. The van der Waals surface area contributed by atoms with Crippen LogP contribution in [0.5, 0.6) is 0 Å². The van der Waals surface area contributed by atoms with Gasteiger partial charge >= 0.3 is 0 Å². The predicted octanol–water partition coefficient (Wildman–Crippen LogP) is 3.45. The van der Waals surface area contributed by atoms with Gasteiger partial charge < -0.3 is 0 Å². The average Bonchev–Trinajstić information content (AvgIpc) is 2.30. The van der Waals surface area contributed by atoms with E-state index in [1.165, 1.54) is 0 Å². The number of benzene rings is 2. The standard InChI is InChI=1S/C12H6N2S/c13-7-10-6-5-9-3-1-2-4-11(9)12(10)14-8-15/h1-6H. The molecule has 0 aliphatic heterocycles. The topological polar surface area (TPSA) is 36.1 Å². The third-order valence-electron chi connectivity index (χ3n) is 2.18. The Balaban J connectivity index is 2.92. The first kappa shape index (κ1) is 9.54. The molecule has 0 saturated carbocycles. The molecule has 0 fully saturated rings. The molecule has 0 saturated heterocycles. The lowest BCUT2D eigenvalue weighted by atomic mass is 10.1. The number of nitriles is 1. The fourth-order valence-electron chi connectivity index (χ4n) is 1.51. The minimum absolute atomic E-state index is 0.519. The highest BCUT2D eigenvalue weighted by Gasteiger charge is 2.04. The van der Waals surface area contributed by atoms with Crippen LogP contribution in [0, 0.1) is 11.3 Å². The Morgan fingerprint density at radius 2 is 1.93 bits per heavy atom. The second-order valence-electron chi connectivity index (χ2n) is 3.00. The minimum Gasteiger partial charge on any atom is -0.193 e. The van der Waals surface area contributed by atoms with Crippen LogP contribution in [0.2, 0.25) is 0 Å². The van der Waals surface area contributed by atoms with Gasteiger partial charge in [0.2, 0.25) is 0 Å². The van der Waals surface area contributed by atoms with Crippen LogP contribution in [-0.2, 0) is 0 Å². The van der Waals surface area contributed by atoms with Crippen LogP contribution in [0.15, 0.2) is 41.4 Å². The van der Waals surface area contributed by atoms with Crippen molar-refractivity contribution in [3.05, 3.63) is 42.0 Å². The van der Waals surface area contributed by atoms with E-state index in [4.69, 9.17) is 5.26 Å². The van der Waals surface area contributed by atoms with Crippen molar-refractivity contribution in [1.82, 2.24) is 0 Å². The quantitative estimate of drug-likeness (QED) is 0.534. The minimum atomic E-state index is 0.519. The summed E-state index contributed by atoms with van der Waals surface area (Å²) in [6, 6.07) is 13.5. The van der Waals surface area contributed by atoms with E-state index in [0.717, 1.165) is 10.8 Å². The second-order valence-corrected chi connectivity index (χ2v) is 3.18. The summed E-state index contributed by atoms with van der Waals surface area (Å²) in [7, 11) is 0. The molecule has 2 rings (SSSR count). The highest BCUT2D eigenvalue weighted by Crippen LogP contribution is 2.29. The van der Waals surface area contributed by atoms with E-state index in [1.807, 2.05) is 30.3 Å². The number of fused-ring (bicyclic) bond motifs is 1. The van der Waals surface area contributed by atoms with Gasteiger partial charge in [0.15, 0.2) is 0 Å². The molecule has 0 heterocycles. The van der Waals surface area contributed by atoms with Crippen molar-refractivity contribution < 1.29 is 0 Å². The summed E-state index contributed by atoms with van der Waals surface area (Å²) in [4.78, 5) is 3.95. The molecule has 2 nitrogen and oxygen atoms in total. The molecular weight excluding hydrogens is 204 g/mol. The van der Waals surface area contributed by atoms with Crippen LogP contribution in [0.3, 0.4) is 0 Å². The molecule has 0 aliphatic rings. The molecule has 0 spiro atoms. The van der Waals surface area contributed by atoms with Crippen molar-refractivity contribution in [1.29, 1.82) is 5.26 Å². The molecule has 0 N–H and O–H groups in total. The monoisotopic (exact) mass is 210 g/mol. The molecule has 70 valence electrons. The third kappa shape index (κ3) is 1.64.